The fourth-order valence-corrected chi connectivity index (χ4v) is 4.23. The van der Waals surface area contributed by atoms with Gasteiger partial charge in [-0.3, -0.25) is 9.59 Å². The van der Waals surface area contributed by atoms with Crippen molar-refractivity contribution in [1.82, 2.24) is 24.8 Å². The van der Waals surface area contributed by atoms with Gasteiger partial charge in [-0.1, -0.05) is 0 Å². The van der Waals surface area contributed by atoms with Crippen LogP contribution in [0.4, 0.5) is 13.2 Å². The fraction of sp³-hybridized carbons (Fsp3) is 0.417. The van der Waals surface area contributed by atoms with E-state index in [-0.39, 0.29) is 52.0 Å². The van der Waals surface area contributed by atoms with Crippen molar-refractivity contribution in [3.05, 3.63) is 56.9 Å². The average molecular weight is 516 g/mol. The molecule has 0 aliphatic carbocycles. The van der Waals surface area contributed by atoms with Crippen LogP contribution in [0.25, 0.3) is 11.0 Å². The van der Waals surface area contributed by atoms with Crippen LogP contribution in [0, 0.1) is 18.3 Å². The minimum atomic E-state index is -4.87. The summed E-state index contributed by atoms with van der Waals surface area (Å²) in [5.41, 5.74) is -2.71. The predicted octanol–water partition coefficient (Wildman–Crippen LogP) is 3.30. The number of rotatable bonds is 4. The lowest BCUT2D eigenvalue weighted by Crippen LogP contribution is -2.48. The number of nitriles is 1. The number of aromatic amines is 1. The molecule has 10 nitrogen and oxygen atoms in total. The number of pyridine rings is 2. The molecule has 4 heterocycles. The third kappa shape index (κ3) is 5.39. The number of carbonyl (C=O) groups is 1. The zero-order valence-electron chi connectivity index (χ0n) is 20.4. The van der Waals surface area contributed by atoms with Gasteiger partial charge in [-0.2, -0.15) is 18.4 Å². The Balaban J connectivity index is 1.67. The number of aromatic nitrogens is 4. The topological polar surface area (TPSA) is 134 Å². The summed E-state index contributed by atoms with van der Waals surface area (Å²) < 4.78 is 52.8. The molecule has 1 fully saturated rings. The number of fused-ring (bicyclic) bond motifs is 1. The Morgan fingerprint density at radius 1 is 1.27 bits per heavy atom. The van der Waals surface area contributed by atoms with Crippen LogP contribution < -0.4 is 10.3 Å². The van der Waals surface area contributed by atoms with E-state index in [4.69, 9.17) is 9.47 Å². The first-order valence-corrected chi connectivity index (χ1v) is 11.4. The number of aryl methyl sites for hydroxylation is 1. The van der Waals surface area contributed by atoms with Crippen LogP contribution in [-0.2, 0) is 10.9 Å². The second kappa shape index (κ2) is 9.78. The molecule has 0 unspecified atom stereocenters. The second-order valence-corrected chi connectivity index (χ2v) is 8.86. The van der Waals surface area contributed by atoms with E-state index in [9.17, 15) is 28.0 Å². The number of carbonyl (C=O) groups excluding carboxylic acids is 1. The molecular formula is C24H23F3N6O4. The molecule has 1 saturated heterocycles. The molecule has 194 valence electrons. The lowest BCUT2D eigenvalue weighted by atomic mass is 10.1. The van der Waals surface area contributed by atoms with E-state index >= 15 is 0 Å². The van der Waals surface area contributed by atoms with Gasteiger partial charge in [0.15, 0.2) is 11.3 Å². The van der Waals surface area contributed by atoms with Crippen molar-refractivity contribution in [2.24, 2.45) is 0 Å². The number of ether oxygens (including phenoxy) is 2. The highest BCUT2D eigenvalue weighted by Gasteiger charge is 2.38. The van der Waals surface area contributed by atoms with Gasteiger partial charge in [0.05, 0.1) is 23.2 Å². The van der Waals surface area contributed by atoms with Gasteiger partial charge >= 0.3 is 6.18 Å². The molecule has 0 radical (unpaired) electrons. The summed E-state index contributed by atoms with van der Waals surface area (Å²) in [7, 11) is 0. The molecule has 1 N–H and O–H groups in total. The van der Waals surface area contributed by atoms with E-state index in [2.05, 4.69) is 19.9 Å². The van der Waals surface area contributed by atoms with Gasteiger partial charge < -0.3 is 19.4 Å². The summed E-state index contributed by atoms with van der Waals surface area (Å²) in [5, 5.41) is 9.48. The van der Waals surface area contributed by atoms with Crippen LogP contribution in [-0.4, -0.2) is 56.0 Å². The Hall–Kier alpha value is -4.05. The monoisotopic (exact) mass is 516 g/mol. The van der Waals surface area contributed by atoms with Crippen LogP contribution in [0.1, 0.15) is 59.9 Å². The van der Waals surface area contributed by atoms with Crippen LogP contribution >= 0.6 is 0 Å². The molecule has 0 bridgehead atoms. The van der Waals surface area contributed by atoms with Gasteiger partial charge in [-0.25, -0.2) is 15.0 Å². The van der Waals surface area contributed by atoms with Crippen molar-refractivity contribution < 1.29 is 27.4 Å². The molecule has 1 aliphatic heterocycles. The van der Waals surface area contributed by atoms with E-state index < -0.39 is 29.1 Å². The Morgan fingerprint density at radius 3 is 2.57 bits per heavy atom. The van der Waals surface area contributed by atoms with Crippen LogP contribution in [0.15, 0.2) is 23.1 Å². The van der Waals surface area contributed by atoms with E-state index in [0.717, 1.165) is 6.07 Å². The first-order valence-electron chi connectivity index (χ1n) is 11.4. The number of morpholine rings is 1. The smallest absolute Gasteiger partial charge is 0.433 e. The average Bonchev–Trinajstić information content (AvgIpc) is 2.81. The molecule has 13 heteroatoms. The highest BCUT2D eigenvalue weighted by atomic mass is 19.4. The molecule has 3 aromatic rings. The molecule has 37 heavy (non-hydrogen) atoms. The molecule has 1 aliphatic rings. The quantitative estimate of drug-likeness (QED) is 0.558. The summed E-state index contributed by atoms with van der Waals surface area (Å²) in [6.45, 7) is 7.15. The van der Waals surface area contributed by atoms with Crippen molar-refractivity contribution in [3.63, 3.8) is 0 Å². The first-order chi connectivity index (χ1) is 17.4. The molecule has 0 spiro atoms. The molecule has 0 saturated carbocycles. The predicted molar refractivity (Wildman–Crippen MR) is 124 cm³/mol. The maximum Gasteiger partial charge on any atom is 0.433 e. The number of H-pyrrole nitrogens is 1. The van der Waals surface area contributed by atoms with Crippen molar-refractivity contribution in [2.45, 2.75) is 52.2 Å². The van der Waals surface area contributed by atoms with Crippen molar-refractivity contribution in [2.75, 3.05) is 13.1 Å². The summed E-state index contributed by atoms with van der Waals surface area (Å²) in [6.07, 6.45) is -5.30. The number of hydrogen-bond donors (Lipinski definition) is 1. The highest BCUT2D eigenvalue weighted by Crippen LogP contribution is 2.36. The number of alkyl halides is 3. The SMILES string of the molecule is Cc1nc2nc(C(F)(F)F)c([C@@H](C)Oc3ncc(C(=O)N4C[C@@H](C)O[C@@H](C)C4)cc3C#N)cc2c(=O)[nH]1. The molecular weight excluding hydrogens is 493 g/mol. The molecule has 3 atom stereocenters. The van der Waals surface area contributed by atoms with Gasteiger partial charge in [0.1, 0.15) is 23.6 Å². The third-order valence-electron chi connectivity index (χ3n) is 5.76. The van der Waals surface area contributed by atoms with Gasteiger partial charge in [-0.15, -0.1) is 0 Å². The van der Waals surface area contributed by atoms with Gasteiger partial charge in [0.25, 0.3) is 11.5 Å². The highest BCUT2D eigenvalue weighted by molar-refractivity contribution is 5.94. The van der Waals surface area contributed by atoms with Crippen LogP contribution in [0.5, 0.6) is 5.88 Å². The van der Waals surface area contributed by atoms with Gasteiger partial charge in [0, 0.05) is 24.8 Å². The van der Waals surface area contributed by atoms with E-state index in [1.54, 1.807) is 4.90 Å². The number of nitrogens with one attached hydrogen (secondary N) is 1. The number of nitrogens with zero attached hydrogens (tertiary/aromatic N) is 5. The Bertz CT molecular complexity index is 1460. The molecule has 4 rings (SSSR count). The largest absolute Gasteiger partial charge is 0.469 e. The number of halogens is 3. The lowest BCUT2D eigenvalue weighted by molar-refractivity contribution is -0.142. The van der Waals surface area contributed by atoms with Crippen molar-refractivity contribution in [1.29, 1.82) is 5.26 Å². The van der Waals surface area contributed by atoms with Crippen molar-refractivity contribution in [3.8, 4) is 11.9 Å². The van der Waals surface area contributed by atoms with Gasteiger partial charge in [-0.05, 0) is 39.8 Å². The normalized spacial score (nSPS) is 18.9. The number of amides is 1. The summed E-state index contributed by atoms with van der Waals surface area (Å²) in [4.78, 5) is 40.8. The minimum Gasteiger partial charge on any atom is -0.469 e. The van der Waals surface area contributed by atoms with Crippen LogP contribution in [0.3, 0.4) is 0 Å². The Morgan fingerprint density at radius 2 is 1.95 bits per heavy atom. The van der Waals surface area contributed by atoms with E-state index in [1.807, 2.05) is 19.9 Å². The van der Waals surface area contributed by atoms with E-state index in [1.165, 1.54) is 26.1 Å². The fourth-order valence-electron chi connectivity index (χ4n) is 4.23. The minimum absolute atomic E-state index is 0.119. The standard InChI is InChI=1S/C24H23F3N6O4/c1-11-9-33(10-12(2)36-11)23(35)16-5-15(7-28)22(29-8-16)37-13(3)17-6-18-20(30-14(4)31-21(18)34)32-19(17)24(25,26)27/h5-6,8,11-13H,9-10H2,1-4H3,(H,30,31,32,34)/t11-,12+,13-/m1/s1. The first kappa shape index (κ1) is 26.0. The maximum atomic E-state index is 13.8. The Kier molecular flexibility index (Phi) is 6.88. The van der Waals surface area contributed by atoms with Crippen molar-refractivity contribution >= 4 is 16.9 Å². The van der Waals surface area contributed by atoms with Gasteiger partial charge in [0.2, 0.25) is 5.88 Å². The summed E-state index contributed by atoms with van der Waals surface area (Å²) >= 11 is 0. The van der Waals surface area contributed by atoms with Crippen LogP contribution in [0.2, 0.25) is 0 Å². The number of hydrogen-bond acceptors (Lipinski definition) is 8. The van der Waals surface area contributed by atoms with E-state index in [0.29, 0.717) is 13.1 Å². The zero-order valence-corrected chi connectivity index (χ0v) is 20.4. The Labute approximate surface area is 209 Å². The lowest BCUT2D eigenvalue weighted by Gasteiger charge is -2.35. The molecule has 0 aromatic carbocycles. The second-order valence-electron chi connectivity index (χ2n) is 8.86. The third-order valence-corrected chi connectivity index (χ3v) is 5.76. The zero-order chi connectivity index (χ0) is 27.1. The molecule has 3 aromatic heterocycles. The maximum absolute atomic E-state index is 13.8. The summed E-state index contributed by atoms with van der Waals surface area (Å²) in [6, 6.07) is 4.17. The molecule has 1 amide bonds. The summed E-state index contributed by atoms with van der Waals surface area (Å²) in [5.74, 6) is -0.501.